The van der Waals surface area contributed by atoms with Crippen LogP contribution in [0.1, 0.15) is 5.82 Å². The van der Waals surface area contributed by atoms with Crippen LogP contribution < -0.4 is 10.1 Å². The van der Waals surface area contributed by atoms with Gasteiger partial charge in [0, 0.05) is 9.26 Å². The fourth-order valence-corrected chi connectivity index (χ4v) is 2.91. The standard InChI is InChI=1S/C17H15IN4O2S/c18-12-6-8-13(9-7-12)19-16(23)11-25-17-20-15(21-22-17)10-24-14-4-2-1-3-5-14/h1-9H,10-11H2,(H,19,23)(H,20,21,22). The van der Waals surface area contributed by atoms with E-state index in [0.717, 1.165) is 15.0 Å². The first-order chi connectivity index (χ1) is 12.2. The van der Waals surface area contributed by atoms with Gasteiger partial charge in [0.1, 0.15) is 12.4 Å². The van der Waals surface area contributed by atoms with Gasteiger partial charge in [-0.1, -0.05) is 30.0 Å². The molecule has 2 aromatic carbocycles. The predicted octanol–water partition coefficient (Wildman–Crippen LogP) is 3.72. The number of aromatic nitrogens is 3. The van der Waals surface area contributed by atoms with Gasteiger partial charge in [0.05, 0.1) is 5.75 Å². The first-order valence-electron chi connectivity index (χ1n) is 7.46. The van der Waals surface area contributed by atoms with Crippen molar-refractivity contribution in [2.45, 2.75) is 11.8 Å². The summed E-state index contributed by atoms with van der Waals surface area (Å²) in [6.45, 7) is 0.298. The summed E-state index contributed by atoms with van der Waals surface area (Å²) in [6, 6.07) is 17.1. The second-order valence-corrected chi connectivity index (χ2v) is 7.20. The van der Waals surface area contributed by atoms with Crippen molar-refractivity contribution in [1.82, 2.24) is 15.2 Å². The van der Waals surface area contributed by atoms with Crippen molar-refractivity contribution in [2.24, 2.45) is 0 Å². The lowest BCUT2D eigenvalue weighted by Gasteiger charge is -2.04. The second kappa shape index (κ2) is 8.86. The van der Waals surface area contributed by atoms with Crippen molar-refractivity contribution >= 4 is 45.9 Å². The van der Waals surface area contributed by atoms with Crippen molar-refractivity contribution in [1.29, 1.82) is 0 Å². The number of halogens is 1. The molecule has 1 aromatic heterocycles. The molecule has 0 saturated heterocycles. The molecular formula is C17H15IN4O2S. The number of aromatic amines is 1. The predicted molar refractivity (Wildman–Crippen MR) is 106 cm³/mol. The number of H-pyrrole nitrogens is 1. The fraction of sp³-hybridized carbons (Fsp3) is 0.118. The number of hydrogen-bond donors (Lipinski definition) is 2. The van der Waals surface area contributed by atoms with Crippen LogP contribution in [-0.2, 0) is 11.4 Å². The summed E-state index contributed by atoms with van der Waals surface area (Å²) >= 11 is 3.49. The molecule has 0 bridgehead atoms. The highest BCUT2D eigenvalue weighted by molar-refractivity contribution is 14.1. The Balaban J connectivity index is 1.45. The van der Waals surface area contributed by atoms with Crippen molar-refractivity contribution in [3.63, 3.8) is 0 Å². The first kappa shape index (κ1) is 17.7. The Kier molecular flexibility index (Phi) is 6.29. The van der Waals surface area contributed by atoms with Crippen LogP contribution in [0, 0.1) is 3.57 Å². The molecule has 0 aliphatic carbocycles. The minimum absolute atomic E-state index is 0.0990. The van der Waals surface area contributed by atoms with Crippen LogP contribution in [0.3, 0.4) is 0 Å². The zero-order valence-electron chi connectivity index (χ0n) is 13.1. The van der Waals surface area contributed by atoms with E-state index in [1.54, 1.807) is 0 Å². The van der Waals surface area contributed by atoms with Crippen molar-refractivity contribution in [3.8, 4) is 5.75 Å². The Bertz CT molecular complexity index is 824. The molecule has 3 rings (SSSR count). The molecule has 1 heterocycles. The lowest BCUT2D eigenvalue weighted by atomic mass is 10.3. The molecule has 1 amide bonds. The lowest BCUT2D eigenvalue weighted by Crippen LogP contribution is -2.14. The maximum Gasteiger partial charge on any atom is 0.234 e. The minimum Gasteiger partial charge on any atom is -0.486 e. The highest BCUT2D eigenvalue weighted by atomic mass is 127. The molecule has 2 N–H and O–H groups in total. The van der Waals surface area contributed by atoms with Crippen molar-refractivity contribution in [3.05, 3.63) is 64.0 Å². The topological polar surface area (TPSA) is 79.9 Å². The zero-order chi connectivity index (χ0) is 17.5. The van der Waals surface area contributed by atoms with E-state index in [1.165, 1.54) is 11.8 Å². The molecule has 0 saturated carbocycles. The van der Waals surface area contributed by atoms with E-state index in [9.17, 15) is 4.79 Å². The van der Waals surface area contributed by atoms with Gasteiger partial charge in [0.2, 0.25) is 11.1 Å². The maximum absolute atomic E-state index is 12.0. The maximum atomic E-state index is 12.0. The molecule has 0 aliphatic rings. The molecule has 8 heteroatoms. The average molecular weight is 466 g/mol. The number of anilines is 1. The van der Waals surface area contributed by atoms with Crippen LogP contribution >= 0.6 is 34.4 Å². The van der Waals surface area contributed by atoms with Gasteiger partial charge in [0.25, 0.3) is 0 Å². The third-order valence-electron chi connectivity index (χ3n) is 3.09. The van der Waals surface area contributed by atoms with Gasteiger partial charge in [-0.2, -0.15) is 0 Å². The second-order valence-electron chi connectivity index (χ2n) is 5.01. The summed E-state index contributed by atoms with van der Waals surface area (Å²) in [5.74, 6) is 1.52. The smallest absolute Gasteiger partial charge is 0.234 e. The summed E-state index contributed by atoms with van der Waals surface area (Å²) in [5.41, 5.74) is 0.776. The highest BCUT2D eigenvalue weighted by Crippen LogP contribution is 2.16. The van der Waals surface area contributed by atoms with Crippen molar-refractivity contribution < 1.29 is 9.53 Å². The summed E-state index contributed by atoms with van der Waals surface area (Å²) in [7, 11) is 0. The van der Waals surface area contributed by atoms with Crippen LogP contribution in [0.5, 0.6) is 5.75 Å². The van der Waals surface area contributed by atoms with E-state index >= 15 is 0 Å². The van der Waals surface area contributed by atoms with Gasteiger partial charge >= 0.3 is 0 Å². The molecule has 0 fully saturated rings. The zero-order valence-corrected chi connectivity index (χ0v) is 16.1. The first-order valence-corrected chi connectivity index (χ1v) is 9.53. The number of hydrogen-bond acceptors (Lipinski definition) is 5. The Morgan fingerprint density at radius 3 is 2.68 bits per heavy atom. The van der Waals surface area contributed by atoms with Crippen LogP contribution in [-0.4, -0.2) is 26.8 Å². The van der Waals surface area contributed by atoms with Gasteiger partial charge in [-0.25, -0.2) is 4.98 Å². The number of carbonyl (C=O) groups excluding carboxylic acids is 1. The van der Waals surface area contributed by atoms with Crippen LogP contribution in [0.2, 0.25) is 0 Å². The fourth-order valence-electron chi connectivity index (χ4n) is 1.94. The SMILES string of the molecule is O=C(CSc1n[nH]c(COc2ccccc2)n1)Nc1ccc(I)cc1. The van der Waals surface area contributed by atoms with Crippen LogP contribution in [0.25, 0.3) is 0 Å². The quantitative estimate of drug-likeness (QED) is 0.410. The number of nitrogens with one attached hydrogen (secondary N) is 2. The lowest BCUT2D eigenvalue weighted by molar-refractivity contribution is -0.113. The number of rotatable bonds is 7. The molecule has 25 heavy (non-hydrogen) atoms. The van der Waals surface area contributed by atoms with E-state index in [4.69, 9.17) is 4.74 Å². The summed E-state index contributed by atoms with van der Waals surface area (Å²) in [6.07, 6.45) is 0. The van der Waals surface area contributed by atoms with Gasteiger partial charge in [0.15, 0.2) is 5.82 Å². The number of amides is 1. The summed E-state index contributed by atoms with van der Waals surface area (Å²) < 4.78 is 6.72. The molecule has 0 radical (unpaired) electrons. The number of para-hydroxylation sites is 1. The largest absolute Gasteiger partial charge is 0.486 e. The Morgan fingerprint density at radius 1 is 1.16 bits per heavy atom. The van der Waals surface area contributed by atoms with Crippen LogP contribution in [0.4, 0.5) is 5.69 Å². The van der Waals surface area contributed by atoms with Gasteiger partial charge in [-0.05, 0) is 59.0 Å². The summed E-state index contributed by atoms with van der Waals surface area (Å²) in [5, 5.41) is 10.3. The highest BCUT2D eigenvalue weighted by Gasteiger charge is 2.08. The number of carbonyl (C=O) groups is 1. The monoisotopic (exact) mass is 466 g/mol. The van der Waals surface area contributed by atoms with E-state index in [0.29, 0.717) is 17.6 Å². The molecule has 6 nitrogen and oxygen atoms in total. The van der Waals surface area contributed by atoms with Crippen LogP contribution in [0.15, 0.2) is 59.8 Å². The molecule has 3 aromatic rings. The number of benzene rings is 2. The molecule has 0 aliphatic heterocycles. The van der Waals surface area contributed by atoms with Gasteiger partial charge in [-0.3, -0.25) is 9.89 Å². The molecule has 0 spiro atoms. The number of ether oxygens (including phenoxy) is 1. The van der Waals surface area contributed by atoms with Gasteiger partial charge in [-0.15, -0.1) is 5.10 Å². The van der Waals surface area contributed by atoms with E-state index in [1.807, 2.05) is 54.6 Å². The Labute approximate surface area is 162 Å². The Morgan fingerprint density at radius 2 is 1.92 bits per heavy atom. The number of thioether (sulfide) groups is 1. The molecular weight excluding hydrogens is 451 g/mol. The van der Waals surface area contributed by atoms with Crippen molar-refractivity contribution in [2.75, 3.05) is 11.1 Å². The third kappa shape index (κ3) is 5.75. The minimum atomic E-state index is -0.0990. The Hall–Kier alpha value is -2.07. The average Bonchev–Trinajstić information content (AvgIpc) is 3.09. The normalized spacial score (nSPS) is 10.4. The third-order valence-corrected chi connectivity index (χ3v) is 4.66. The number of nitrogens with zero attached hydrogens (tertiary/aromatic N) is 2. The molecule has 128 valence electrons. The van der Waals surface area contributed by atoms with Gasteiger partial charge < -0.3 is 10.1 Å². The molecule has 0 atom stereocenters. The van der Waals surface area contributed by atoms with E-state index < -0.39 is 0 Å². The van der Waals surface area contributed by atoms with E-state index in [2.05, 4.69) is 43.1 Å². The summed E-state index contributed by atoms with van der Waals surface area (Å²) in [4.78, 5) is 16.3. The molecule has 0 unspecified atom stereocenters. The van der Waals surface area contributed by atoms with E-state index in [-0.39, 0.29) is 11.7 Å².